The molecule has 154 valence electrons. The predicted molar refractivity (Wildman–Crippen MR) is 108 cm³/mol. The van der Waals surface area contributed by atoms with Crippen LogP contribution in [0.4, 0.5) is 5.82 Å². The highest BCUT2D eigenvalue weighted by atomic mass is 32.2. The molecular weight excluding hydrogens is 394 g/mol. The van der Waals surface area contributed by atoms with Crippen molar-refractivity contribution in [2.75, 3.05) is 37.6 Å². The lowest BCUT2D eigenvalue weighted by molar-refractivity contribution is -0.146. The third-order valence-electron chi connectivity index (χ3n) is 4.69. The smallest absolute Gasteiger partial charge is 0.312 e. The summed E-state index contributed by atoms with van der Waals surface area (Å²) in [7, 11) is -3.73. The molecule has 0 bridgehead atoms. The van der Waals surface area contributed by atoms with Crippen LogP contribution in [0.3, 0.4) is 0 Å². The Morgan fingerprint density at radius 2 is 1.72 bits per heavy atom. The molecule has 9 nitrogen and oxygen atoms in total. The Morgan fingerprint density at radius 3 is 2.31 bits per heavy atom. The van der Waals surface area contributed by atoms with E-state index in [0.717, 1.165) is 11.4 Å². The predicted octanol–water partition coefficient (Wildman–Crippen LogP) is -0.263. The second kappa shape index (κ2) is 9.01. The minimum atomic E-state index is -3.73. The molecule has 2 amide bonds. The van der Waals surface area contributed by atoms with E-state index in [1.54, 1.807) is 18.3 Å². The first-order chi connectivity index (χ1) is 13.8. The second-order valence-electron chi connectivity index (χ2n) is 6.66. The number of primary sulfonamides is 1. The van der Waals surface area contributed by atoms with E-state index in [1.165, 1.54) is 17.0 Å². The Labute approximate surface area is 169 Å². The SMILES string of the molecule is NS(=O)(=O)c1ccc(CCNC(=O)C(=O)N2CCN(c3ccccn3)CC2)cc1. The molecule has 1 aromatic carbocycles. The van der Waals surface area contributed by atoms with Gasteiger partial charge in [0.15, 0.2) is 0 Å². The van der Waals surface area contributed by atoms with Crippen LogP contribution in [0, 0.1) is 0 Å². The maximum absolute atomic E-state index is 12.3. The van der Waals surface area contributed by atoms with E-state index in [1.807, 2.05) is 18.2 Å². The Kier molecular flexibility index (Phi) is 6.45. The van der Waals surface area contributed by atoms with Gasteiger partial charge in [0.1, 0.15) is 5.82 Å². The molecule has 0 saturated carbocycles. The van der Waals surface area contributed by atoms with E-state index in [-0.39, 0.29) is 11.4 Å². The van der Waals surface area contributed by atoms with Crippen molar-refractivity contribution in [3.8, 4) is 0 Å². The molecular formula is C19H23N5O4S. The third-order valence-corrected chi connectivity index (χ3v) is 5.61. The van der Waals surface area contributed by atoms with Crippen LogP contribution in [0.25, 0.3) is 0 Å². The summed E-state index contributed by atoms with van der Waals surface area (Å²) in [6.07, 6.45) is 2.19. The van der Waals surface area contributed by atoms with Crippen LogP contribution in [0.15, 0.2) is 53.6 Å². The van der Waals surface area contributed by atoms with E-state index in [0.29, 0.717) is 32.6 Å². The van der Waals surface area contributed by atoms with Crippen LogP contribution >= 0.6 is 0 Å². The summed E-state index contributed by atoms with van der Waals surface area (Å²) in [6.45, 7) is 2.42. The first kappa shape index (κ1) is 20.7. The fraction of sp³-hybridized carbons (Fsp3) is 0.316. The van der Waals surface area contributed by atoms with Gasteiger partial charge in [-0.1, -0.05) is 18.2 Å². The number of anilines is 1. The number of carbonyl (C=O) groups is 2. The maximum Gasteiger partial charge on any atom is 0.312 e. The van der Waals surface area contributed by atoms with Crippen molar-refractivity contribution in [2.45, 2.75) is 11.3 Å². The number of nitrogens with one attached hydrogen (secondary N) is 1. The lowest BCUT2D eigenvalue weighted by atomic mass is 10.1. The number of pyridine rings is 1. The molecule has 2 heterocycles. The van der Waals surface area contributed by atoms with Gasteiger partial charge in [0.05, 0.1) is 4.90 Å². The zero-order valence-corrected chi connectivity index (χ0v) is 16.6. The van der Waals surface area contributed by atoms with E-state index in [4.69, 9.17) is 5.14 Å². The van der Waals surface area contributed by atoms with Crippen LogP contribution < -0.4 is 15.4 Å². The molecule has 0 atom stereocenters. The van der Waals surface area contributed by atoms with E-state index >= 15 is 0 Å². The lowest BCUT2D eigenvalue weighted by Gasteiger charge is -2.35. The van der Waals surface area contributed by atoms with E-state index < -0.39 is 21.8 Å². The molecule has 2 aromatic rings. The van der Waals surface area contributed by atoms with Crippen LogP contribution in [0.1, 0.15) is 5.56 Å². The number of aromatic nitrogens is 1. The van der Waals surface area contributed by atoms with Gasteiger partial charge < -0.3 is 15.1 Å². The molecule has 0 radical (unpaired) electrons. The number of hydrogen-bond donors (Lipinski definition) is 2. The van der Waals surface area contributed by atoms with Crippen LogP contribution in [-0.2, 0) is 26.0 Å². The minimum absolute atomic E-state index is 0.0327. The van der Waals surface area contributed by atoms with Gasteiger partial charge in [-0.15, -0.1) is 0 Å². The summed E-state index contributed by atoms with van der Waals surface area (Å²) in [5.74, 6) is -0.329. The average Bonchev–Trinajstić information content (AvgIpc) is 2.73. The number of sulfonamides is 1. The van der Waals surface area contributed by atoms with Crippen molar-refractivity contribution in [3.05, 3.63) is 54.2 Å². The molecule has 3 rings (SSSR count). The van der Waals surface area contributed by atoms with Crippen LogP contribution in [0.2, 0.25) is 0 Å². The van der Waals surface area contributed by atoms with Crippen molar-refractivity contribution in [1.82, 2.24) is 15.2 Å². The Morgan fingerprint density at radius 1 is 1.03 bits per heavy atom. The molecule has 1 aromatic heterocycles. The molecule has 29 heavy (non-hydrogen) atoms. The average molecular weight is 417 g/mol. The highest BCUT2D eigenvalue weighted by Crippen LogP contribution is 2.12. The largest absolute Gasteiger partial charge is 0.353 e. The number of hydrogen-bond acceptors (Lipinski definition) is 6. The topological polar surface area (TPSA) is 126 Å². The minimum Gasteiger partial charge on any atom is -0.353 e. The van der Waals surface area contributed by atoms with Gasteiger partial charge in [0, 0.05) is 38.9 Å². The van der Waals surface area contributed by atoms with E-state index in [2.05, 4.69) is 15.2 Å². The van der Waals surface area contributed by atoms with Gasteiger partial charge in [-0.2, -0.15) is 0 Å². The lowest BCUT2D eigenvalue weighted by Crippen LogP contribution is -2.53. The maximum atomic E-state index is 12.3. The first-order valence-corrected chi connectivity index (χ1v) is 10.7. The quantitative estimate of drug-likeness (QED) is 0.646. The molecule has 3 N–H and O–H groups in total. The summed E-state index contributed by atoms with van der Waals surface area (Å²) < 4.78 is 22.5. The van der Waals surface area contributed by atoms with Gasteiger partial charge in [0.25, 0.3) is 0 Å². The molecule has 1 fully saturated rings. The second-order valence-corrected chi connectivity index (χ2v) is 8.22. The number of piperazine rings is 1. The van der Waals surface area contributed by atoms with Crippen molar-refractivity contribution in [3.63, 3.8) is 0 Å². The zero-order valence-electron chi connectivity index (χ0n) is 15.8. The van der Waals surface area contributed by atoms with Crippen molar-refractivity contribution in [2.24, 2.45) is 5.14 Å². The highest BCUT2D eigenvalue weighted by Gasteiger charge is 2.26. The fourth-order valence-corrected chi connectivity index (χ4v) is 3.58. The van der Waals surface area contributed by atoms with E-state index in [9.17, 15) is 18.0 Å². The summed E-state index contributed by atoms with van der Waals surface area (Å²) in [5.41, 5.74) is 0.828. The molecule has 10 heteroatoms. The van der Waals surface area contributed by atoms with Crippen LogP contribution in [-0.4, -0.2) is 62.8 Å². The monoisotopic (exact) mass is 417 g/mol. The number of carbonyl (C=O) groups excluding carboxylic acids is 2. The normalized spacial score (nSPS) is 14.5. The number of rotatable bonds is 5. The van der Waals surface area contributed by atoms with Gasteiger partial charge in [-0.25, -0.2) is 18.5 Å². The van der Waals surface area contributed by atoms with Crippen molar-refractivity contribution in [1.29, 1.82) is 0 Å². The summed E-state index contributed by atoms with van der Waals surface area (Å²) in [5, 5.41) is 7.68. The molecule has 0 unspecified atom stereocenters. The van der Waals surface area contributed by atoms with Crippen molar-refractivity contribution >= 4 is 27.7 Å². The standard InChI is InChI=1S/C19H23N5O4S/c20-29(27,28)16-6-4-15(5-7-16)8-10-22-18(25)19(26)24-13-11-23(12-14-24)17-3-1-2-9-21-17/h1-7,9H,8,10-14H2,(H,22,25)(H2,20,27,28). The van der Waals surface area contributed by atoms with Gasteiger partial charge >= 0.3 is 11.8 Å². The first-order valence-electron chi connectivity index (χ1n) is 9.19. The summed E-state index contributed by atoms with van der Waals surface area (Å²) in [6, 6.07) is 11.8. The molecule has 1 saturated heterocycles. The Balaban J connectivity index is 1.43. The summed E-state index contributed by atoms with van der Waals surface area (Å²) in [4.78, 5) is 32.4. The van der Waals surface area contributed by atoms with Gasteiger partial charge in [-0.05, 0) is 36.2 Å². The highest BCUT2D eigenvalue weighted by molar-refractivity contribution is 7.89. The fourth-order valence-electron chi connectivity index (χ4n) is 3.06. The third kappa shape index (κ3) is 5.52. The number of amides is 2. The van der Waals surface area contributed by atoms with Crippen molar-refractivity contribution < 1.29 is 18.0 Å². The zero-order chi connectivity index (χ0) is 20.9. The van der Waals surface area contributed by atoms with Gasteiger partial charge in [-0.3, -0.25) is 9.59 Å². The number of nitrogens with two attached hydrogens (primary N) is 1. The number of benzene rings is 1. The Hall–Kier alpha value is -2.98. The Bertz CT molecular complexity index is 956. The van der Waals surface area contributed by atoms with Gasteiger partial charge in [0.2, 0.25) is 10.0 Å². The molecule has 1 aliphatic rings. The number of nitrogens with zero attached hydrogens (tertiary/aromatic N) is 3. The molecule has 0 aliphatic carbocycles. The molecule has 0 spiro atoms. The summed E-state index contributed by atoms with van der Waals surface area (Å²) >= 11 is 0. The molecule has 1 aliphatic heterocycles. The van der Waals surface area contributed by atoms with Crippen LogP contribution in [0.5, 0.6) is 0 Å².